The molecule has 0 radical (unpaired) electrons. The zero-order chi connectivity index (χ0) is 22.7. The summed E-state index contributed by atoms with van der Waals surface area (Å²) in [5.41, 5.74) is 2.28. The lowest BCUT2D eigenvalue weighted by molar-refractivity contribution is 0.411. The fourth-order valence-electron chi connectivity index (χ4n) is 4.85. The highest BCUT2D eigenvalue weighted by Gasteiger charge is 2.47. The molecule has 1 nitrogen and oxygen atoms in total. The smallest absolute Gasteiger partial charge is 0.229 e. The van der Waals surface area contributed by atoms with Crippen LogP contribution in [0.25, 0.3) is 10.8 Å². The molecule has 5 aromatic carbocycles. The van der Waals surface area contributed by atoms with Gasteiger partial charge in [0.2, 0.25) is 7.38 Å². The van der Waals surface area contributed by atoms with Gasteiger partial charge in [0.05, 0.1) is 7.11 Å². The van der Waals surface area contributed by atoms with Crippen LogP contribution in [0.15, 0.2) is 127 Å². The fourth-order valence-corrected chi connectivity index (χ4v) is 10.0. The normalized spacial score (nSPS) is 12.4. The highest BCUT2D eigenvalue weighted by molar-refractivity contribution is 7.35. The fraction of sp³-hybridized carbons (Fsp3) is 0.0667. The van der Waals surface area contributed by atoms with Gasteiger partial charge in [0, 0.05) is 11.1 Å². The molecule has 0 aliphatic carbocycles. The lowest BCUT2D eigenvalue weighted by atomic mass is 9.96. The summed E-state index contributed by atoms with van der Waals surface area (Å²) >= 11 is 8.04. The van der Waals surface area contributed by atoms with E-state index in [0.29, 0.717) is 0 Å². The van der Waals surface area contributed by atoms with Crippen LogP contribution in [-0.2, 0) is 0 Å². The van der Waals surface area contributed by atoms with Gasteiger partial charge in [-0.15, -0.1) is 0 Å². The Morgan fingerprint density at radius 2 is 1.12 bits per heavy atom. The van der Waals surface area contributed by atoms with E-state index in [9.17, 15) is 0 Å². The Morgan fingerprint density at radius 3 is 1.70 bits per heavy atom. The summed E-state index contributed by atoms with van der Waals surface area (Å²) in [4.78, 5) is 0. The Hall–Kier alpha value is -3.33. The van der Waals surface area contributed by atoms with E-state index in [1.165, 1.54) is 26.7 Å². The monoisotopic (exact) mass is 464 g/mol. The molecule has 0 N–H and O–H groups in total. The highest BCUT2D eigenvalue weighted by atomic mass is 35.6. The number of benzene rings is 5. The summed E-state index contributed by atoms with van der Waals surface area (Å²) in [7, 11) is -1.14. The van der Waals surface area contributed by atoms with Gasteiger partial charge in [0.25, 0.3) is 0 Å². The third-order valence-electron chi connectivity index (χ3n) is 6.36. The predicted octanol–water partition coefficient (Wildman–Crippen LogP) is 6.52. The van der Waals surface area contributed by atoms with E-state index < -0.39 is 7.38 Å². The number of halogens is 1. The quantitative estimate of drug-likeness (QED) is 0.205. The van der Waals surface area contributed by atoms with Gasteiger partial charge in [-0.3, -0.25) is 0 Å². The SMILES string of the molecule is COc1ccc2ccccc2c1C(c1ccccc1)[Si](Cl)(c1ccccc1)c1ccccc1. The van der Waals surface area contributed by atoms with Crippen LogP contribution in [0.1, 0.15) is 16.7 Å². The second-order valence-electron chi connectivity index (χ2n) is 8.19. The van der Waals surface area contributed by atoms with Crippen LogP contribution in [0.5, 0.6) is 5.75 Å². The van der Waals surface area contributed by atoms with E-state index in [1.54, 1.807) is 7.11 Å². The molecule has 0 aliphatic rings. The third-order valence-corrected chi connectivity index (χ3v) is 12.1. The van der Waals surface area contributed by atoms with E-state index in [-0.39, 0.29) is 5.54 Å². The molecule has 3 heteroatoms. The van der Waals surface area contributed by atoms with Gasteiger partial charge in [-0.25, -0.2) is 0 Å². The van der Waals surface area contributed by atoms with Crippen molar-refractivity contribution < 1.29 is 4.74 Å². The summed E-state index contributed by atoms with van der Waals surface area (Å²) in [6.07, 6.45) is 0. The largest absolute Gasteiger partial charge is 0.496 e. The zero-order valence-corrected chi connectivity index (χ0v) is 20.2. The summed E-state index contributed by atoms with van der Waals surface area (Å²) in [6.45, 7) is 0. The van der Waals surface area contributed by atoms with Gasteiger partial charge < -0.3 is 4.74 Å². The maximum Gasteiger partial charge on any atom is 0.229 e. The lowest BCUT2D eigenvalue weighted by Gasteiger charge is -2.36. The Morgan fingerprint density at radius 1 is 0.606 bits per heavy atom. The molecule has 0 heterocycles. The lowest BCUT2D eigenvalue weighted by Crippen LogP contribution is -2.58. The minimum atomic E-state index is -2.89. The number of rotatable bonds is 6. The number of methoxy groups -OCH3 is 1. The molecule has 5 rings (SSSR count). The second kappa shape index (κ2) is 9.26. The first-order valence-electron chi connectivity index (χ1n) is 11.1. The van der Waals surface area contributed by atoms with E-state index in [1.807, 2.05) is 0 Å². The number of ether oxygens (including phenoxy) is 1. The van der Waals surface area contributed by atoms with Crippen molar-refractivity contribution in [1.29, 1.82) is 0 Å². The van der Waals surface area contributed by atoms with Gasteiger partial charge in [-0.05, 0) is 32.8 Å². The van der Waals surface area contributed by atoms with Crippen molar-refractivity contribution in [1.82, 2.24) is 0 Å². The average Bonchev–Trinajstić information content (AvgIpc) is 2.90. The first kappa shape index (κ1) is 21.5. The Balaban J connectivity index is 1.92. The molecule has 0 amide bonds. The Kier molecular flexibility index (Phi) is 6.04. The molecule has 0 saturated heterocycles. The van der Waals surface area contributed by atoms with Crippen molar-refractivity contribution in [2.75, 3.05) is 7.11 Å². The van der Waals surface area contributed by atoms with Crippen LogP contribution >= 0.6 is 11.1 Å². The van der Waals surface area contributed by atoms with Gasteiger partial charge >= 0.3 is 0 Å². The van der Waals surface area contributed by atoms with Crippen molar-refractivity contribution in [2.45, 2.75) is 5.54 Å². The molecule has 0 aliphatic heterocycles. The summed E-state index contributed by atoms with van der Waals surface area (Å²) in [5, 5.41) is 4.72. The van der Waals surface area contributed by atoms with Crippen molar-refractivity contribution >= 4 is 39.6 Å². The minimum absolute atomic E-state index is 0.0637. The molecule has 0 bridgehead atoms. The van der Waals surface area contributed by atoms with Crippen molar-refractivity contribution in [3.05, 3.63) is 139 Å². The van der Waals surface area contributed by atoms with E-state index >= 15 is 0 Å². The Labute approximate surface area is 201 Å². The maximum atomic E-state index is 8.04. The molecule has 1 unspecified atom stereocenters. The van der Waals surface area contributed by atoms with Crippen LogP contribution in [0.3, 0.4) is 0 Å². The van der Waals surface area contributed by atoms with Crippen LogP contribution in [0.4, 0.5) is 0 Å². The molecule has 0 spiro atoms. The molecular formula is C30H25ClOSi. The van der Waals surface area contributed by atoms with Gasteiger partial charge in [-0.1, -0.05) is 121 Å². The van der Waals surface area contributed by atoms with Crippen LogP contribution in [0, 0.1) is 0 Å². The summed E-state index contributed by atoms with van der Waals surface area (Å²) in [5.74, 6) is 0.868. The number of hydrogen-bond acceptors (Lipinski definition) is 1. The molecule has 0 saturated carbocycles. The minimum Gasteiger partial charge on any atom is -0.496 e. The molecule has 0 fully saturated rings. The second-order valence-corrected chi connectivity index (χ2v) is 13.1. The number of fused-ring (bicyclic) bond motifs is 1. The van der Waals surface area contributed by atoms with Crippen molar-refractivity contribution in [3.8, 4) is 5.75 Å². The summed E-state index contributed by atoms with van der Waals surface area (Å²) in [6, 6.07) is 44.5. The van der Waals surface area contributed by atoms with Gasteiger partial charge in [0.1, 0.15) is 5.75 Å². The molecular weight excluding hydrogens is 440 g/mol. The maximum absolute atomic E-state index is 8.04. The molecule has 5 aromatic rings. The van der Waals surface area contributed by atoms with Crippen molar-refractivity contribution in [3.63, 3.8) is 0 Å². The predicted molar refractivity (Wildman–Crippen MR) is 143 cm³/mol. The molecule has 0 aromatic heterocycles. The zero-order valence-electron chi connectivity index (χ0n) is 18.5. The first-order chi connectivity index (χ1) is 16.2. The highest BCUT2D eigenvalue weighted by Crippen LogP contribution is 2.44. The molecule has 1 atom stereocenters. The average molecular weight is 465 g/mol. The molecule has 162 valence electrons. The third kappa shape index (κ3) is 3.86. The standard InChI is InChI=1S/C30H25ClOSi/c1-32-28-22-21-23-13-11-12-20-27(23)29(28)30(24-14-5-2-6-15-24)33(31,25-16-7-3-8-17-25)26-18-9-4-10-19-26/h2-22,30H,1H3. The van der Waals surface area contributed by atoms with Crippen LogP contribution < -0.4 is 15.1 Å². The topological polar surface area (TPSA) is 9.23 Å². The number of hydrogen-bond donors (Lipinski definition) is 0. The Bertz CT molecular complexity index is 1310. The molecule has 33 heavy (non-hydrogen) atoms. The van der Waals surface area contributed by atoms with E-state index in [4.69, 9.17) is 15.8 Å². The van der Waals surface area contributed by atoms with Crippen molar-refractivity contribution in [2.24, 2.45) is 0 Å². The van der Waals surface area contributed by atoms with E-state index in [2.05, 4.69) is 127 Å². The van der Waals surface area contributed by atoms with Crippen LogP contribution in [0.2, 0.25) is 0 Å². The summed E-state index contributed by atoms with van der Waals surface area (Å²) < 4.78 is 5.99. The van der Waals surface area contributed by atoms with Gasteiger partial charge in [0.15, 0.2) is 0 Å². The first-order valence-corrected chi connectivity index (χ1v) is 14.2. The van der Waals surface area contributed by atoms with Gasteiger partial charge in [-0.2, -0.15) is 11.1 Å². The van der Waals surface area contributed by atoms with Crippen LogP contribution in [-0.4, -0.2) is 14.5 Å². The van der Waals surface area contributed by atoms with E-state index in [0.717, 1.165) is 11.3 Å².